The van der Waals surface area contributed by atoms with Crippen LogP contribution in [-0.4, -0.2) is 4.98 Å². The van der Waals surface area contributed by atoms with E-state index in [1.54, 1.807) is 11.3 Å². The third kappa shape index (κ3) is 2.25. The van der Waals surface area contributed by atoms with Crippen LogP contribution in [0.2, 0.25) is 5.02 Å². The molecule has 0 aliphatic heterocycles. The molecule has 0 aliphatic carbocycles. The number of anilines is 3. The fourth-order valence-corrected chi connectivity index (χ4v) is 2.71. The van der Waals surface area contributed by atoms with Crippen molar-refractivity contribution in [3.8, 4) is 0 Å². The highest BCUT2D eigenvalue weighted by atomic mass is 35.5. The normalized spacial score (nSPS) is 10.7. The molecule has 3 nitrogen and oxygen atoms in total. The predicted molar refractivity (Wildman–Crippen MR) is 78.8 cm³/mol. The summed E-state index contributed by atoms with van der Waals surface area (Å²) in [6.07, 6.45) is 0. The molecule has 0 fully saturated rings. The second-order valence-corrected chi connectivity index (χ2v) is 5.35. The van der Waals surface area contributed by atoms with E-state index in [0.717, 1.165) is 31.7 Å². The van der Waals surface area contributed by atoms with Crippen molar-refractivity contribution >= 4 is 49.7 Å². The Morgan fingerprint density at radius 1 is 1.11 bits per heavy atom. The summed E-state index contributed by atoms with van der Waals surface area (Å²) in [7, 11) is 0. The quantitative estimate of drug-likeness (QED) is 0.687. The number of halogens is 1. The second-order valence-electron chi connectivity index (χ2n) is 3.88. The van der Waals surface area contributed by atoms with E-state index in [2.05, 4.69) is 10.3 Å². The van der Waals surface area contributed by atoms with Crippen molar-refractivity contribution in [2.45, 2.75) is 0 Å². The van der Waals surface area contributed by atoms with Gasteiger partial charge in [0.1, 0.15) is 0 Å². The van der Waals surface area contributed by atoms with E-state index in [1.165, 1.54) is 0 Å². The number of nitrogen functional groups attached to an aromatic ring is 1. The van der Waals surface area contributed by atoms with Crippen LogP contribution in [0.3, 0.4) is 0 Å². The third-order valence-corrected chi connectivity index (χ3v) is 3.69. The van der Waals surface area contributed by atoms with Crippen LogP contribution in [0.25, 0.3) is 10.2 Å². The van der Waals surface area contributed by atoms with Crippen molar-refractivity contribution in [3.05, 3.63) is 47.5 Å². The monoisotopic (exact) mass is 275 g/mol. The molecule has 2 aromatic carbocycles. The molecule has 0 unspecified atom stereocenters. The lowest BCUT2D eigenvalue weighted by Crippen LogP contribution is -1.87. The minimum Gasteiger partial charge on any atom is -0.399 e. The lowest BCUT2D eigenvalue weighted by Gasteiger charge is -2.01. The molecule has 0 aliphatic rings. The average molecular weight is 276 g/mol. The molecule has 0 amide bonds. The Labute approximate surface area is 113 Å². The van der Waals surface area contributed by atoms with Gasteiger partial charge in [-0.15, -0.1) is 0 Å². The van der Waals surface area contributed by atoms with Gasteiger partial charge in [0, 0.05) is 16.4 Å². The Morgan fingerprint density at radius 3 is 2.67 bits per heavy atom. The van der Waals surface area contributed by atoms with Crippen LogP contribution in [0.1, 0.15) is 0 Å². The molecule has 0 atom stereocenters. The van der Waals surface area contributed by atoms with Gasteiger partial charge in [0.2, 0.25) is 0 Å². The fourth-order valence-electron chi connectivity index (χ4n) is 1.65. The Hall–Kier alpha value is -1.78. The Balaban J connectivity index is 1.92. The number of nitrogens with two attached hydrogens (primary N) is 1. The number of rotatable bonds is 2. The molecular weight excluding hydrogens is 266 g/mol. The van der Waals surface area contributed by atoms with Gasteiger partial charge < -0.3 is 11.1 Å². The van der Waals surface area contributed by atoms with E-state index in [0.29, 0.717) is 0 Å². The van der Waals surface area contributed by atoms with Gasteiger partial charge in [0.05, 0.1) is 10.2 Å². The largest absolute Gasteiger partial charge is 0.399 e. The van der Waals surface area contributed by atoms with Gasteiger partial charge in [0.25, 0.3) is 0 Å². The minimum absolute atomic E-state index is 0.720. The summed E-state index contributed by atoms with van der Waals surface area (Å²) >= 11 is 7.42. The Morgan fingerprint density at radius 2 is 1.89 bits per heavy atom. The first-order chi connectivity index (χ1) is 8.70. The standard InChI is InChI=1S/C13H10ClN3S/c14-8-1-4-10(5-2-8)16-13-17-11-6-3-9(15)7-12(11)18-13/h1-7H,15H2,(H,16,17). The summed E-state index contributed by atoms with van der Waals surface area (Å²) < 4.78 is 1.08. The first-order valence-corrected chi connectivity index (χ1v) is 6.59. The Kier molecular flexibility index (Phi) is 2.81. The van der Waals surface area contributed by atoms with Gasteiger partial charge in [-0.3, -0.25) is 0 Å². The molecule has 0 bridgehead atoms. The molecule has 3 rings (SSSR count). The third-order valence-electron chi connectivity index (χ3n) is 2.51. The maximum absolute atomic E-state index is 5.84. The number of hydrogen-bond donors (Lipinski definition) is 2. The van der Waals surface area contributed by atoms with Crippen LogP contribution >= 0.6 is 22.9 Å². The molecule has 3 N–H and O–H groups in total. The molecule has 0 saturated heterocycles. The lowest BCUT2D eigenvalue weighted by molar-refractivity contribution is 1.44. The molecule has 18 heavy (non-hydrogen) atoms. The van der Waals surface area contributed by atoms with Gasteiger partial charge in [-0.2, -0.15) is 0 Å². The van der Waals surface area contributed by atoms with Crippen molar-refractivity contribution in [3.63, 3.8) is 0 Å². The summed E-state index contributed by atoms with van der Waals surface area (Å²) in [4.78, 5) is 4.49. The highest BCUT2D eigenvalue weighted by Gasteiger charge is 2.04. The van der Waals surface area contributed by atoms with Crippen LogP contribution in [0, 0.1) is 0 Å². The predicted octanol–water partition coefficient (Wildman–Crippen LogP) is 4.28. The SMILES string of the molecule is Nc1ccc2nc(Nc3ccc(Cl)cc3)sc2c1. The van der Waals surface area contributed by atoms with Crippen LogP contribution in [0.15, 0.2) is 42.5 Å². The zero-order chi connectivity index (χ0) is 12.5. The molecule has 3 aromatic rings. The summed E-state index contributed by atoms with van der Waals surface area (Å²) in [5.41, 5.74) is 8.41. The lowest BCUT2D eigenvalue weighted by atomic mass is 10.3. The number of aromatic nitrogens is 1. The highest BCUT2D eigenvalue weighted by Crippen LogP contribution is 2.29. The van der Waals surface area contributed by atoms with Crippen LogP contribution in [-0.2, 0) is 0 Å². The Bertz CT molecular complexity index is 691. The molecule has 1 aromatic heterocycles. The van der Waals surface area contributed by atoms with Crippen molar-refractivity contribution in [1.29, 1.82) is 0 Å². The zero-order valence-electron chi connectivity index (χ0n) is 9.35. The van der Waals surface area contributed by atoms with Gasteiger partial charge in [0.15, 0.2) is 5.13 Å². The summed E-state index contributed by atoms with van der Waals surface area (Å²) in [5.74, 6) is 0. The minimum atomic E-state index is 0.720. The van der Waals surface area contributed by atoms with Gasteiger partial charge >= 0.3 is 0 Å². The van der Waals surface area contributed by atoms with E-state index in [4.69, 9.17) is 17.3 Å². The van der Waals surface area contributed by atoms with Crippen LogP contribution < -0.4 is 11.1 Å². The molecule has 0 spiro atoms. The smallest absolute Gasteiger partial charge is 0.188 e. The number of thiazole rings is 1. The van der Waals surface area contributed by atoms with Crippen molar-refractivity contribution in [1.82, 2.24) is 4.98 Å². The molecule has 90 valence electrons. The van der Waals surface area contributed by atoms with Crippen LogP contribution in [0.5, 0.6) is 0 Å². The zero-order valence-corrected chi connectivity index (χ0v) is 10.9. The van der Waals surface area contributed by atoms with E-state index >= 15 is 0 Å². The maximum Gasteiger partial charge on any atom is 0.188 e. The summed E-state index contributed by atoms with van der Waals surface area (Å²) in [6.45, 7) is 0. The van der Waals surface area contributed by atoms with Crippen molar-refractivity contribution in [2.24, 2.45) is 0 Å². The van der Waals surface area contributed by atoms with Gasteiger partial charge in [-0.1, -0.05) is 22.9 Å². The van der Waals surface area contributed by atoms with E-state index in [1.807, 2.05) is 42.5 Å². The molecule has 1 heterocycles. The number of fused-ring (bicyclic) bond motifs is 1. The van der Waals surface area contributed by atoms with Gasteiger partial charge in [-0.25, -0.2) is 4.98 Å². The van der Waals surface area contributed by atoms with E-state index in [-0.39, 0.29) is 0 Å². The number of hydrogen-bond acceptors (Lipinski definition) is 4. The summed E-state index contributed by atoms with van der Waals surface area (Å²) in [5, 5.41) is 4.81. The van der Waals surface area contributed by atoms with Crippen molar-refractivity contribution in [2.75, 3.05) is 11.1 Å². The molecular formula is C13H10ClN3S. The average Bonchev–Trinajstić information content (AvgIpc) is 2.73. The maximum atomic E-state index is 5.84. The summed E-state index contributed by atoms with van der Waals surface area (Å²) in [6, 6.07) is 13.2. The number of nitrogens with one attached hydrogen (secondary N) is 1. The van der Waals surface area contributed by atoms with E-state index < -0.39 is 0 Å². The van der Waals surface area contributed by atoms with Crippen molar-refractivity contribution < 1.29 is 0 Å². The first-order valence-electron chi connectivity index (χ1n) is 5.39. The molecule has 0 radical (unpaired) electrons. The van der Waals surface area contributed by atoms with Crippen LogP contribution in [0.4, 0.5) is 16.5 Å². The van der Waals surface area contributed by atoms with Gasteiger partial charge in [-0.05, 0) is 42.5 Å². The molecule has 0 saturated carbocycles. The first kappa shape index (κ1) is 11.3. The topological polar surface area (TPSA) is 50.9 Å². The molecule has 5 heteroatoms. The van der Waals surface area contributed by atoms with E-state index in [9.17, 15) is 0 Å². The second kappa shape index (κ2) is 4.48. The number of nitrogens with zero attached hydrogens (tertiary/aromatic N) is 1. The number of benzene rings is 2. The highest BCUT2D eigenvalue weighted by molar-refractivity contribution is 7.22. The fraction of sp³-hybridized carbons (Fsp3) is 0.